The van der Waals surface area contributed by atoms with Gasteiger partial charge in [-0.05, 0) is 42.3 Å². The number of nitrogen functional groups attached to an aromatic ring is 1. The van der Waals surface area contributed by atoms with Gasteiger partial charge < -0.3 is 10.6 Å². The van der Waals surface area contributed by atoms with E-state index >= 15 is 0 Å². The first kappa shape index (κ1) is 16.4. The molecule has 0 aliphatic rings. The Morgan fingerprint density at radius 3 is 2.73 bits per heavy atom. The summed E-state index contributed by atoms with van der Waals surface area (Å²) in [5.74, 6) is 0.470. The highest BCUT2D eigenvalue weighted by Gasteiger charge is 2.17. The molecule has 2 aromatic heterocycles. The third-order valence-corrected chi connectivity index (χ3v) is 4.34. The number of carbonyl (C=O) groups excluding carboxylic acids is 1. The van der Waals surface area contributed by atoms with Crippen LogP contribution in [0.25, 0.3) is 0 Å². The van der Waals surface area contributed by atoms with E-state index in [0.717, 1.165) is 12.1 Å². The Morgan fingerprint density at radius 2 is 2.14 bits per heavy atom. The minimum Gasteiger partial charge on any atom is -0.368 e. The molecule has 6 heteroatoms. The molecule has 0 aliphatic heterocycles. The molecule has 0 aromatic carbocycles. The standard InChI is InChI=1S/C16H22N4OS/c1-10(2)7-12-8-13(19-16(17)18-12)15(21)20(4)9-14-11(3)5-6-22-14/h5-6,8,10H,7,9H2,1-4H3,(H2,17,18,19). The van der Waals surface area contributed by atoms with Crippen molar-refractivity contribution in [1.29, 1.82) is 0 Å². The van der Waals surface area contributed by atoms with Gasteiger partial charge in [0, 0.05) is 17.6 Å². The normalized spacial score (nSPS) is 11.0. The zero-order valence-corrected chi connectivity index (χ0v) is 14.3. The predicted molar refractivity (Wildman–Crippen MR) is 89.8 cm³/mol. The number of carbonyl (C=O) groups is 1. The molecule has 5 nitrogen and oxygen atoms in total. The maximum absolute atomic E-state index is 12.6. The van der Waals surface area contributed by atoms with Crippen LogP contribution in [0, 0.1) is 12.8 Å². The van der Waals surface area contributed by atoms with Gasteiger partial charge in [0.2, 0.25) is 5.95 Å². The molecular formula is C16H22N4OS. The van der Waals surface area contributed by atoms with Crippen molar-refractivity contribution in [2.24, 2.45) is 5.92 Å². The van der Waals surface area contributed by atoms with Gasteiger partial charge in [-0.1, -0.05) is 13.8 Å². The van der Waals surface area contributed by atoms with E-state index in [1.54, 1.807) is 29.4 Å². The molecule has 0 radical (unpaired) electrons. The van der Waals surface area contributed by atoms with Crippen LogP contribution in [0.4, 0.5) is 5.95 Å². The van der Waals surface area contributed by atoms with Gasteiger partial charge >= 0.3 is 0 Å². The molecule has 0 fully saturated rings. The summed E-state index contributed by atoms with van der Waals surface area (Å²) in [4.78, 5) is 23.7. The smallest absolute Gasteiger partial charge is 0.272 e. The lowest BCUT2D eigenvalue weighted by atomic mass is 10.1. The third-order valence-electron chi connectivity index (χ3n) is 3.33. The monoisotopic (exact) mass is 318 g/mol. The van der Waals surface area contributed by atoms with Crippen molar-refractivity contribution in [3.63, 3.8) is 0 Å². The predicted octanol–water partition coefficient (Wildman–Crippen LogP) is 2.90. The number of thiophene rings is 1. The van der Waals surface area contributed by atoms with E-state index in [0.29, 0.717) is 18.2 Å². The molecule has 0 saturated heterocycles. The molecule has 2 rings (SSSR count). The first-order valence-corrected chi connectivity index (χ1v) is 8.16. The van der Waals surface area contributed by atoms with Gasteiger partial charge in [-0.3, -0.25) is 4.79 Å². The van der Waals surface area contributed by atoms with Crippen molar-refractivity contribution < 1.29 is 4.79 Å². The van der Waals surface area contributed by atoms with Gasteiger partial charge in [0.15, 0.2) is 0 Å². The summed E-state index contributed by atoms with van der Waals surface area (Å²) < 4.78 is 0. The van der Waals surface area contributed by atoms with Crippen molar-refractivity contribution >= 4 is 23.2 Å². The molecule has 2 N–H and O–H groups in total. The van der Waals surface area contributed by atoms with Crippen LogP contribution in [-0.4, -0.2) is 27.8 Å². The Morgan fingerprint density at radius 1 is 1.41 bits per heavy atom. The zero-order valence-electron chi connectivity index (χ0n) is 13.5. The topological polar surface area (TPSA) is 72.1 Å². The lowest BCUT2D eigenvalue weighted by Crippen LogP contribution is -2.27. The number of nitrogens with zero attached hydrogens (tertiary/aromatic N) is 3. The lowest BCUT2D eigenvalue weighted by Gasteiger charge is -2.17. The van der Waals surface area contributed by atoms with Crippen LogP contribution in [0.5, 0.6) is 0 Å². The molecule has 0 spiro atoms. The Labute approximate surface area is 135 Å². The molecule has 0 saturated carbocycles. The molecule has 0 aliphatic carbocycles. The van der Waals surface area contributed by atoms with Crippen LogP contribution in [0.1, 0.15) is 40.5 Å². The SMILES string of the molecule is Cc1ccsc1CN(C)C(=O)c1cc(CC(C)C)nc(N)n1. The Hall–Kier alpha value is -1.95. The van der Waals surface area contributed by atoms with Gasteiger partial charge in [0.1, 0.15) is 5.69 Å². The van der Waals surface area contributed by atoms with Crippen LogP contribution in [0.15, 0.2) is 17.5 Å². The summed E-state index contributed by atoms with van der Waals surface area (Å²) in [5, 5.41) is 2.03. The Kier molecular flexibility index (Phi) is 5.13. The molecular weight excluding hydrogens is 296 g/mol. The number of hydrogen-bond donors (Lipinski definition) is 1. The lowest BCUT2D eigenvalue weighted by molar-refractivity contribution is 0.0780. The fraction of sp³-hybridized carbons (Fsp3) is 0.438. The second-order valence-corrected chi connectivity index (χ2v) is 6.89. The fourth-order valence-electron chi connectivity index (χ4n) is 2.20. The maximum Gasteiger partial charge on any atom is 0.272 e. The molecule has 118 valence electrons. The average molecular weight is 318 g/mol. The molecule has 0 atom stereocenters. The Bertz CT molecular complexity index is 666. The van der Waals surface area contributed by atoms with Gasteiger partial charge in [0.25, 0.3) is 5.91 Å². The van der Waals surface area contributed by atoms with Gasteiger partial charge in [0.05, 0.1) is 6.54 Å². The van der Waals surface area contributed by atoms with Gasteiger partial charge in [-0.25, -0.2) is 9.97 Å². The number of nitrogens with two attached hydrogens (primary N) is 1. The number of anilines is 1. The van der Waals surface area contributed by atoms with Crippen LogP contribution in [0.3, 0.4) is 0 Å². The van der Waals surface area contributed by atoms with E-state index in [-0.39, 0.29) is 11.9 Å². The van der Waals surface area contributed by atoms with E-state index < -0.39 is 0 Å². The molecule has 2 heterocycles. The quantitative estimate of drug-likeness (QED) is 0.920. The second-order valence-electron chi connectivity index (χ2n) is 5.89. The van der Waals surface area contributed by atoms with Gasteiger partial charge in [-0.15, -0.1) is 11.3 Å². The molecule has 2 aromatic rings. The number of aryl methyl sites for hydroxylation is 1. The average Bonchev–Trinajstić information content (AvgIpc) is 2.82. The van der Waals surface area contributed by atoms with E-state index in [1.165, 1.54) is 10.4 Å². The number of rotatable bonds is 5. The summed E-state index contributed by atoms with van der Waals surface area (Å²) in [6.07, 6.45) is 0.779. The highest BCUT2D eigenvalue weighted by atomic mass is 32.1. The number of amides is 1. The van der Waals surface area contributed by atoms with Crippen LogP contribution in [0.2, 0.25) is 0 Å². The fourth-order valence-corrected chi connectivity index (χ4v) is 3.16. The number of aromatic nitrogens is 2. The first-order chi connectivity index (χ1) is 10.4. The highest BCUT2D eigenvalue weighted by molar-refractivity contribution is 7.10. The van der Waals surface area contributed by atoms with E-state index in [9.17, 15) is 4.79 Å². The summed E-state index contributed by atoms with van der Waals surface area (Å²) in [7, 11) is 1.78. The number of hydrogen-bond acceptors (Lipinski definition) is 5. The van der Waals surface area contributed by atoms with E-state index in [4.69, 9.17) is 5.73 Å². The Balaban J connectivity index is 2.17. The zero-order chi connectivity index (χ0) is 16.3. The summed E-state index contributed by atoms with van der Waals surface area (Å²) >= 11 is 1.65. The third kappa shape index (κ3) is 4.04. The summed E-state index contributed by atoms with van der Waals surface area (Å²) in [6, 6.07) is 3.80. The van der Waals surface area contributed by atoms with Crippen LogP contribution < -0.4 is 5.73 Å². The molecule has 22 heavy (non-hydrogen) atoms. The minimum absolute atomic E-state index is 0.132. The highest BCUT2D eigenvalue weighted by Crippen LogP contribution is 2.18. The second kappa shape index (κ2) is 6.87. The van der Waals surface area contributed by atoms with Crippen molar-refractivity contribution in [2.75, 3.05) is 12.8 Å². The van der Waals surface area contributed by atoms with Crippen molar-refractivity contribution in [1.82, 2.24) is 14.9 Å². The minimum atomic E-state index is -0.132. The van der Waals surface area contributed by atoms with Gasteiger partial charge in [-0.2, -0.15) is 0 Å². The molecule has 1 amide bonds. The van der Waals surface area contributed by atoms with Crippen LogP contribution >= 0.6 is 11.3 Å². The van der Waals surface area contributed by atoms with E-state index in [1.807, 2.05) is 12.3 Å². The largest absolute Gasteiger partial charge is 0.368 e. The maximum atomic E-state index is 12.6. The summed E-state index contributed by atoms with van der Waals surface area (Å²) in [6.45, 7) is 6.83. The molecule has 0 unspecified atom stereocenters. The van der Waals surface area contributed by atoms with Crippen molar-refractivity contribution in [3.05, 3.63) is 39.3 Å². The van der Waals surface area contributed by atoms with Crippen molar-refractivity contribution in [2.45, 2.75) is 33.7 Å². The van der Waals surface area contributed by atoms with E-state index in [2.05, 4.69) is 29.9 Å². The van der Waals surface area contributed by atoms with Crippen molar-refractivity contribution in [3.8, 4) is 0 Å². The summed E-state index contributed by atoms with van der Waals surface area (Å²) in [5.41, 5.74) is 8.12. The first-order valence-electron chi connectivity index (χ1n) is 7.28. The van der Waals surface area contributed by atoms with Crippen LogP contribution in [-0.2, 0) is 13.0 Å². The molecule has 0 bridgehead atoms.